The summed E-state index contributed by atoms with van der Waals surface area (Å²) in [5.74, 6) is 0.204. The van der Waals surface area contributed by atoms with Crippen LogP contribution in [0.4, 0.5) is 0 Å². The van der Waals surface area contributed by atoms with Crippen molar-refractivity contribution in [1.82, 2.24) is 5.32 Å². The van der Waals surface area contributed by atoms with Crippen molar-refractivity contribution >= 4 is 16.3 Å². The van der Waals surface area contributed by atoms with Crippen LogP contribution in [-0.4, -0.2) is 30.0 Å². The van der Waals surface area contributed by atoms with Crippen LogP contribution >= 0.6 is 0 Å². The number of nitrogens with one attached hydrogen (secondary N) is 1. The molecular weight excluding hydrogens is 174 g/mol. The standard InChI is InChI=1S/C4H7NO.H2O4S/c6-4-2-1-3-5-4;1-5(2,3)4/h1-3H2,(H,5,6);(H2,1,2,3,4). The molecule has 0 unspecified atom stereocenters. The molecule has 0 radical (unpaired) electrons. The van der Waals surface area contributed by atoms with Crippen molar-refractivity contribution in [2.24, 2.45) is 0 Å². The second-order valence-electron chi connectivity index (χ2n) is 1.90. The molecule has 1 heterocycles. The van der Waals surface area contributed by atoms with Crippen molar-refractivity contribution in [2.45, 2.75) is 12.8 Å². The van der Waals surface area contributed by atoms with E-state index in [4.69, 9.17) is 17.5 Å². The largest absolute Gasteiger partial charge is 0.394 e. The zero-order valence-electron chi connectivity index (χ0n) is 5.65. The first-order valence-electron chi connectivity index (χ1n) is 2.86. The van der Waals surface area contributed by atoms with Crippen LogP contribution < -0.4 is 5.32 Å². The van der Waals surface area contributed by atoms with E-state index < -0.39 is 10.4 Å². The van der Waals surface area contributed by atoms with Gasteiger partial charge in [-0.1, -0.05) is 0 Å². The maximum Gasteiger partial charge on any atom is 0.394 e. The molecule has 1 aliphatic rings. The normalized spacial score (nSPS) is 16.7. The Kier molecular flexibility index (Phi) is 4.01. The van der Waals surface area contributed by atoms with Crippen molar-refractivity contribution in [2.75, 3.05) is 6.54 Å². The summed E-state index contributed by atoms with van der Waals surface area (Å²) in [6.07, 6.45) is 1.76. The number of carbonyl (C=O) groups excluding carboxylic acids is 1. The third-order valence-corrected chi connectivity index (χ3v) is 0.903. The Bertz CT molecular complexity index is 205. The highest BCUT2D eigenvalue weighted by Crippen LogP contribution is 1.93. The molecule has 1 saturated heterocycles. The van der Waals surface area contributed by atoms with E-state index in [9.17, 15) is 4.79 Å². The maximum absolute atomic E-state index is 10.1. The van der Waals surface area contributed by atoms with E-state index in [-0.39, 0.29) is 5.91 Å². The van der Waals surface area contributed by atoms with Gasteiger partial charge in [0, 0.05) is 13.0 Å². The Hall–Kier alpha value is -0.660. The average Bonchev–Trinajstić information content (AvgIpc) is 2.12. The molecule has 0 bridgehead atoms. The lowest BCUT2D eigenvalue weighted by Gasteiger charge is -1.80. The monoisotopic (exact) mass is 183 g/mol. The Morgan fingerprint density at radius 2 is 1.82 bits per heavy atom. The quantitative estimate of drug-likeness (QED) is 0.428. The lowest BCUT2D eigenvalue weighted by molar-refractivity contribution is -0.119. The predicted octanol–water partition coefficient (Wildman–Crippen LogP) is -0.756. The first-order chi connectivity index (χ1) is 4.89. The highest BCUT2D eigenvalue weighted by Gasteiger charge is 2.05. The predicted molar refractivity (Wildman–Crippen MR) is 36.4 cm³/mol. The minimum atomic E-state index is -4.67. The van der Waals surface area contributed by atoms with E-state index in [1.807, 2.05) is 0 Å². The molecule has 3 N–H and O–H groups in total. The molecule has 0 atom stereocenters. The molecule has 7 heteroatoms. The first-order valence-corrected chi connectivity index (χ1v) is 4.26. The minimum Gasteiger partial charge on any atom is -0.356 e. The van der Waals surface area contributed by atoms with E-state index in [2.05, 4.69) is 5.32 Å². The smallest absolute Gasteiger partial charge is 0.356 e. The lowest BCUT2D eigenvalue weighted by atomic mass is 10.4. The molecule has 1 fully saturated rings. The van der Waals surface area contributed by atoms with Gasteiger partial charge in [-0.05, 0) is 6.42 Å². The Balaban J connectivity index is 0.000000187. The van der Waals surface area contributed by atoms with Crippen LogP contribution in [0.5, 0.6) is 0 Å². The van der Waals surface area contributed by atoms with Crippen LogP contribution in [0.1, 0.15) is 12.8 Å². The van der Waals surface area contributed by atoms with E-state index in [1.165, 1.54) is 0 Å². The third-order valence-electron chi connectivity index (χ3n) is 0.903. The fourth-order valence-electron chi connectivity index (χ4n) is 0.565. The second-order valence-corrected chi connectivity index (χ2v) is 2.80. The minimum absolute atomic E-state index is 0.204. The van der Waals surface area contributed by atoms with Crippen LogP contribution in [0.25, 0.3) is 0 Å². The maximum atomic E-state index is 10.1. The topological polar surface area (TPSA) is 104 Å². The summed E-state index contributed by atoms with van der Waals surface area (Å²) in [7, 11) is -4.67. The van der Waals surface area contributed by atoms with Gasteiger partial charge in [0.1, 0.15) is 0 Å². The van der Waals surface area contributed by atoms with Gasteiger partial charge in [0.25, 0.3) is 0 Å². The second kappa shape index (κ2) is 4.27. The van der Waals surface area contributed by atoms with Crippen molar-refractivity contribution in [3.63, 3.8) is 0 Å². The van der Waals surface area contributed by atoms with Gasteiger partial charge in [0.2, 0.25) is 5.91 Å². The molecule has 0 spiro atoms. The Morgan fingerprint density at radius 1 is 1.36 bits per heavy atom. The average molecular weight is 183 g/mol. The summed E-state index contributed by atoms with van der Waals surface area (Å²) < 4.78 is 31.6. The molecule has 0 aromatic rings. The number of amides is 1. The summed E-state index contributed by atoms with van der Waals surface area (Å²) >= 11 is 0. The number of carbonyl (C=O) groups is 1. The molecule has 0 aliphatic carbocycles. The molecule has 0 aromatic carbocycles. The van der Waals surface area contributed by atoms with E-state index in [1.54, 1.807) is 0 Å². The van der Waals surface area contributed by atoms with Gasteiger partial charge in [0.05, 0.1) is 0 Å². The van der Waals surface area contributed by atoms with Crippen LogP contribution in [0.2, 0.25) is 0 Å². The molecular formula is C4H9NO5S. The van der Waals surface area contributed by atoms with E-state index in [0.29, 0.717) is 0 Å². The van der Waals surface area contributed by atoms with Gasteiger partial charge in [-0.2, -0.15) is 8.42 Å². The zero-order chi connectivity index (χ0) is 8.91. The van der Waals surface area contributed by atoms with Crippen LogP contribution in [0, 0.1) is 0 Å². The van der Waals surface area contributed by atoms with Crippen molar-refractivity contribution < 1.29 is 22.3 Å². The summed E-state index contributed by atoms with van der Waals surface area (Å²) in [6, 6.07) is 0. The SMILES string of the molecule is O=C1CCCN1.O=S(=O)(O)O. The summed E-state index contributed by atoms with van der Waals surface area (Å²) in [4.78, 5) is 10.1. The zero-order valence-corrected chi connectivity index (χ0v) is 6.47. The van der Waals surface area contributed by atoms with Crippen LogP contribution in [-0.2, 0) is 15.2 Å². The van der Waals surface area contributed by atoms with E-state index in [0.717, 1.165) is 19.4 Å². The Labute approximate surface area is 64.2 Å². The third kappa shape index (κ3) is 12.5. The van der Waals surface area contributed by atoms with Crippen molar-refractivity contribution in [3.8, 4) is 0 Å². The highest BCUT2D eigenvalue weighted by atomic mass is 32.3. The van der Waals surface area contributed by atoms with Gasteiger partial charge < -0.3 is 5.32 Å². The lowest BCUT2D eigenvalue weighted by Crippen LogP contribution is -2.12. The van der Waals surface area contributed by atoms with Crippen LogP contribution in [0.15, 0.2) is 0 Å². The first kappa shape index (κ1) is 10.3. The molecule has 66 valence electrons. The number of hydrogen-bond donors (Lipinski definition) is 3. The fraction of sp³-hybridized carbons (Fsp3) is 0.750. The molecule has 1 aliphatic heterocycles. The summed E-state index contributed by atoms with van der Waals surface area (Å²) in [6.45, 7) is 0.888. The Morgan fingerprint density at radius 3 is 1.91 bits per heavy atom. The highest BCUT2D eigenvalue weighted by molar-refractivity contribution is 7.79. The molecule has 1 amide bonds. The van der Waals surface area contributed by atoms with Gasteiger partial charge >= 0.3 is 10.4 Å². The van der Waals surface area contributed by atoms with Gasteiger partial charge in [-0.3, -0.25) is 13.9 Å². The number of rotatable bonds is 0. The van der Waals surface area contributed by atoms with Crippen molar-refractivity contribution in [3.05, 3.63) is 0 Å². The van der Waals surface area contributed by atoms with Gasteiger partial charge in [-0.15, -0.1) is 0 Å². The van der Waals surface area contributed by atoms with Gasteiger partial charge in [-0.25, -0.2) is 0 Å². The van der Waals surface area contributed by atoms with Crippen molar-refractivity contribution in [1.29, 1.82) is 0 Å². The van der Waals surface area contributed by atoms with E-state index >= 15 is 0 Å². The molecule has 11 heavy (non-hydrogen) atoms. The fourth-order valence-corrected chi connectivity index (χ4v) is 0.565. The molecule has 0 saturated carbocycles. The molecule has 0 aromatic heterocycles. The molecule has 1 rings (SSSR count). The number of hydrogen-bond acceptors (Lipinski definition) is 3. The summed E-state index contributed by atoms with van der Waals surface area (Å²) in [5, 5.41) is 2.68. The molecule has 6 nitrogen and oxygen atoms in total. The van der Waals surface area contributed by atoms with Crippen LogP contribution in [0.3, 0.4) is 0 Å². The summed E-state index contributed by atoms with van der Waals surface area (Å²) in [5.41, 5.74) is 0. The van der Waals surface area contributed by atoms with Gasteiger partial charge in [0.15, 0.2) is 0 Å².